The summed E-state index contributed by atoms with van der Waals surface area (Å²) in [7, 11) is 1.60. The van der Waals surface area contributed by atoms with Gasteiger partial charge in [0.1, 0.15) is 5.75 Å². The van der Waals surface area contributed by atoms with E-state index in [4.69, 9.17) is 14.2 Å². The Labute approximate surface area is 235 Å². The van der Waals surface area contributed by atoms with Crippen LogP contribution in [0, 0.1) is 5.92 Å². The molecule has 210 valence electrons. The van der Waals surface area contributed by atoms with E-state index in [9.17, 15) is 14.7 Å². The maximum Gasteiger partial charge on any atom is 0.309 e. The predicted molar refractivity (Wildman–Crippen MR) is 152 cm³/mol. The minimum atomic E-state index is -0.910. The molecule has 8 heteroatoms. The molecule has 0 aliphatic carbocycles. The number of likely N-dealkylation sites (tertiary alicyclic amines) is 1. The van der Waals surface area contributed by atoms with Gasteiger partial charge in [-0.15, -0.1) is 0 Å². The summed E-state index contributed by atoms with van der Waals surface area (Å²) in [4.78, 5) is 30.9. The average Bonchev–Trinajstić information content (AvgIpc) is 3.58. The van der Waals surface area contributed by atoms with Crippen molar-refractivity contribution in [3.63, 3.8) is 0 Å². The number of benzene rings is 3. The lowest BCUT2D eigenvalue weighted by atomic mass is 9.82. The third-order valence-electron chi connectivity index (χ3n) is 8.24. The summed E-state index contributed by atoms with van der Waals surface area (Å²) in [6.07, 6.45) is 0.757. The van der Waals surface area contributed by atoms with Gasteiger partial charge in [0.05, 0.1) is 19.6 Å². The van der Waals surface area contributed by atoms with Gasteiger partial charge in [-0.25, -0.2) is 0 Å². The molecule has 3 aromatic carbocycles. The smallest absolute Gasteiger partial charge is 0.309 e. The maximum absolute atomic E-state index is 14.1. The van der Waals surface area contributed by atoms with Gasteiger partial charge in [-0.1, -0.05) is 43.3 Å². The van der Waals surface area contributed by atoms with E-state index in [1.54, 1.807) is 7.11 Å². The number of fused-ring (bicyclic) bond motifs is 1. The number of anilines is 1. The van der Waals surface area contributed by atoms with Crippen LogP contribution in [0.2, 0.25) is 0 Å². The van der Waals surface area contributed by atoms with Crippen LogP contribution < -0.4 is 19.1 Å². The Morgan fingerprint density at radius 1 is 1.00 bits per heavy atom. The number of carbonyl (C=O) groups is 2. The van der Waals surface area contributed by atoms with E-state index in [1.165, 1.54) is 0 Å². The van der Waals surface area contributed by atoms with Crippen LogP contribution in [-0.4, -0.2) is 54.4 Å². The number of amides is 1. The standard InChI is InChI=1S/C32H36N2O6/c1-5-32(2,3)34(23-9-7-6-8-10-23)28(35)19-33-18-25(22-13-16-26-27(17-22)40-20-39-26)29(31(36)37)30(33)21-11-14-24(38-4)15-12-21/h6-17,25,29-30H,5,18-20H2,1-4H3,(H,36,37). The third-order valence-corrected chi connectivity index (χ3v) is 8.24. The summed E-state index contributed by atoms with van der Waals surface area (Å²) in [5.41, 5.74) is 2.06. The molecule has 2 aliphatic heterocycles. The van der Waals surface area contributed by atoms with E-state index >= 15 is 0 Å². The summed E-state index contributed by atoms with van der Waals surface area (Å²) in [6.45, 7) is 6.78. The Morgan fingerprint density at radius 2 is 1.68 bits per heavy atom. The van der Waals surface area contributed by atoms with Crippen molar-refractivity contribution in [2.45, 2.75) is 44.7 Å². The van der Waals surface area contributed by atoms with Crippen LogP contribution in [0.25, 0.3) is 0 Å². The fraction of sp³-hybridized carbons (Fsp3) is 0.375. The van der Waals surface area contributed by atoms with E-state index in [0.717, 1.165) is 23.2 Å². The number of carboxylic acid groups (broad SMARTS) is 1. The fourth-order valence-corrected chi connectivity index (χ4v) is 5.88. The first-order valence-corrected chi connectivity index (χ1v) is 13.6. The summed E-state index contributed by atoms with van der Waals surface area (Å²) in [5.74, 6) is -0.199. The van der Waals surface area contributed by atoms with Crippen LogP contribution in [0.4, 0.5) is 5.69 Å². The molecule has 3 unspecified atom stereocenters. The molecule has 2 heterocycles. The zero-order valence-corrected chi connectivity index (χ0v) is 23.4. The second kappa shape index (κ2) is 11.2. The van der Waals surface area contributed by atoms with Gasteiger partial charge in [-0.05, 0) is 67.8 Å². The number of hydrogen-bond donors (Lipinski definition) is 1. The highest BCUT2D eigenvalue weighted by atomic mass is 16.7. The molecule has 0 bridgehead atoms. The summed E-state index contributed by atoms with van der Waals surface area (Å²) < 4.78 is 16.4. The number of methoxy groups -OCH3 is 1. The zero-order chi connectivity index (χ0) is 28.4. The van der Waals surface area contributed by atoms with Gasteiger partial charge >= 0.3 is 5.97 Å². The maximum atomic E-state index is 14.1. The molecule has 0 radical (unpaired) electrons. The number of para-hydroxylation sites is 1. The van der Waals surface area contributed by atoms with E-state index in [1.807, 2.05) is 82.6 Å². The summed E-state index contributed by atoms with van der Waals surface area (Å²) in [5, 5.41) is 10.6. The van der Waals surface area contributed by atoms with Crippen molar-refractivity contribution in [2.24, 2.45) is 5.92 Å². The highest BCUT2D eigenvalue weighted by molar-refractivity contribution is 5.96. The van der Waals surface area contributed by atoms with Crippen molar-refractivity contribution < 1.29 is 28.9 Å². The average molecular weight is 545 g/mol. The SMILES string of the molecule is CCC(C)(C)N(C(=O)CN1CC(c2ccc3c(c2)OCO3)C(C(=O)O)C1c1ccc(OC)cc1)c1ccccc1. The molecular formula is C32H36N2O6. The first-order chi connectivity index (χ1) is 19.2. The molecule has 5 rings (SSSR count). The van der Waals surface area contributed by atoms with Crippen LogP contribution in [0.5, 0.6) is 17.2 Å². The molecule has 3 atom stereocenters. The first-order valence-electron chi connectivity index (χ1n) is 13.6. The Kier molecular flexibility index (Phi) is 7.72. The van der Waals surface area contributed by atoms with Crippen molar-refractivity contribution in [2.75, 3.05) is 31.9 Å². The van der Waals surface area contributed by atoms with Gasteiger partial charge in [0.15, 0.2) is 11.5 Å². The zero-order valence-electron chi connectivity index (χ0n) is 23.4. The Morgan fingerprint density at radius 3 is 2.33 bits per heavy atom. The van der Waals surface area contributed by atoms with E-state index in [2.05, 4.69) is 20.8 Å². The topological polar surface area (TPSA) is 88.5 Å². The number of aliphatic carboxylic acids is 1. The number of ether oxygens (including phenoxy) is 3. The van der Waals surface area contributed by atoms with Crippen molar-refractivity contribution in [1.29, 1.82) is 0 Å². The van der Waals surface area contributed by atoms with Crippen molar-refractivity contribution in [1.82, 2.24) is 4.90 Å². The molecule has 0 spiro atoms. The van der Waals surface area contributed by atoms with Crippen LogP contribution in [-0.2, 0) is 9.59 Å². The lowest BCUT2D eigenvalue weighted by Gasteiger charge is -2.39. The molecule has 1 fully saturated rings. The van der Waals surface area contributed by atoms with Gasteiger partial charge in [-0.3, -0.25) is 14.5 Å². The molecule has 1 amide bonds. The number of nitrogens with zero attached hydrogens (tertiary/aromatic N) is 2. The fourth-order valence-electron chi connectivity index (χ4n) is 5.88. The van der Waals surface area contributed by atoms with Crippen molar-refractivity contribution in [3.05, 3.63) is 83.9 Å². The normalized spacial score (nSPS) is 20.4. The number of carbonyl (C=O) groups excluding carboxylic acids is 1. The molecule has 8 nitrogen and oxygen atoms in total. The quantitative estimate of drug-likeness (QED) is 0.381. The monoisotopic (exact) mass is 544 g/mol. The van der Waals surface area contributed by atoms with Crippen LogP contribution in [0.3, 0.4) is 0 Å². The van der Waals surface area contributed by atoms with Gasteiger partial charge in [-0.2, -0.15) is 0 Å². The molecular weight excluding hydrogens is 508 g/mol. The van der Waals surface area contributed by atoms with Gasteiger partial charge in [0, 0.05) is 29.7 Å². The van der Waals surface area contributed by atoms with E-state index in [-0.39, 0.29) is 25.2 Å². The lowest BCUT2D eigenvalue weighted by Crippen LogP contribution is -2.51. The number of hydrogen-bond acceptors (Lipinski definition) is 6. The second-order valence-electron chi connectivity index (χ2n) is 11.0. The highest BCUT2D eigenvalue weighted by Gasteiger charge is 2.48. The van der Waals surface area contributed by atoms with Crippen LogP contribution in [0.15, 0.2) is 72.8 Å². The van der Waals surface area contributed by atoms with Gasteiger partial charge in [0.25, 0.3) is 0 Å². The van der Waals surface area contributed by atoms with Gasteiger partial charge < -0.3 is 24.2 Å². The van der Waals surface area contributed by atoms with E-state index < -0.39 is 23.5 Å². The Balaban J connectivity index is 1.54. The lowest BCUT2D eigenvalue weighted by molar-refractivity contribution is -0.143. The Bertz CT molecular complexity index is 1360. The largest absolute Gasteiger partial charge is 0.497 e. The van der Waals surface area contributed by atoms with Crippen LogP contribution in [0.1, 0.15) is 50.3 Å². The highest BCUT2D eigenvalue weighted by Crippen LogP contribution is 2.48. The van der Waals surface area contributed by atoms with Crippen molar-refractivity contribution >= 4 is 17.6 Å². The molecule has 3 aromatic rings. The summed E-state index contributed by atoms with van der Waals surface area (Å²) in [6, 6.07) is 22.2. The van der Waals surface area contributed by atoms with Crippen molar-refractivity contribution in [3.8, 4) is 17.2 Å². The molecule has 1 N–H and O–H groups in total. The molecule has 40 heavy (non-hydrogen) atoms. The minimum Gasteiger partial charge on any atom is -0.497 e. The van der Waals surface area contributed by atoms with Gasteiger partial charge in [0.2, 0.25) is 12.7 Å². The first kappa shape index (κ1) is 27.5. The molecule has 1 saturated heterocycles. The number of carboxylic acids is 1. The third kappa shape index (κ3) is 5.23. The molecule has 2 aliphatic rings. The molecule has 0 aromatic heterocycles. The second-order valence-corrected chi connectivity index (χ2v) is 11.0. The number of rotatable bonds is 9. The van der Waals surface area contributed by atoms with Crippen LogP contribution >= 0.6 is 0 Å². The Hall–Kier alpha value is -4.04. The summed E-state index contributed by atoms with van der Waals surface area (Å²) >= 11 is 0. The minimum absolute atomic E-state index is 0.0693. The molecule has 0 saturated carbocycles. The van der Waals surface area contributed by atoms with E-state index in [0.29, 0.717) is 23.8 Å². The predicted octanol–water partition coefficient (Wildman–Crippen LogP) is 5.49.